The van der Waals surface area contributed by atoms with Crippen molar-refractivity contribution < 1.29 is 4.74 Å². The Morgan fingerprint density at radius 1 is 1.27 bits per heavy atom. The van der Waals surface area contributed by atoms with E-state index in [2.05, 4.69) is 13.8 Å². The van der Waals surface area contributed by atoms with Gasteiger partial charge >= 0.3 is 0 Å². The molecule has 0 N–H and O–H groups in total. The molecule has 1 fully saturated rings. The third-order valence-electron chi connectivity index (χ3n) is 2.83. The molecule has 1 heteroatoms. The van der Waals surface area contributed by atoms with Crippen LogP contribution in [0.2, 0.25) is 0 Å². The van der Waals surface area contributed by atoms with Gasteiger partial charge in [0.2, 0.25) is 0 Å². The SMILES string of the molecule is CCOCC1CCCCC1C. The molecule has 0 spiro atoms. The van der Waals surface area contributed by atoms with Gasteiger partial charge in [0.1, 0.15) is 0 Å². The van der Waals surface area contributed by atoms with Gasteiger partial charge in [-0.05, 0) is 25.2 Å². The Morgan fingerprint density at radius 3 is 2.64 bits per heavy atom. The third kappa shape index (κ3) is 2.82. The molecule has 0 heterocycles. The molecular weight excluding hydrogens is 136 g/mol. The molecule has 1 aliphatic carbocycles. The fraction of sp³-hybridized carbons (Fsp3) is 1.00. The van der Waals surface area contributed by atoms with Gasteiger partial charge in [0.25, 0.3) is 0 Å². The first-order valence-electron chi connectivity index (χ1n) is 4.92. The van der Waals surface area contributed by atoms with Crippen LogP contribution in [0.25, 0.3) is 0 Å². The van der Waals surface area contributed by atoms with Crippen molar-refractivity contribution in [3.05, 3.63) is 0 Å². The fourth-order valence-electron chi connectivity index (χ4n) is 1.91. The highest BCUT2D eigenvalue weighted by Gasteiger charge is 2.20. The Kier molecular flexibility index (Phi) is 3.92. The highest BCUT2D eigenvalue weighted by Crippen LogP contribution is 2.29. The Balaban J connectivity index is 2.18. The van der Waals surface area contributed by atoms with Crippen LogP contribution in [0.4, 0.5) is 0 Å². The second-order valence-corrected chi connectivity index (χ2v) is 3.68. The minimum atomic E-state index is 0.851. The topological polar surface area (TPSA) is 9.23 Å². The molecule has 0 aromatic carbocycles. The lowest BCUT2D eigenvalue weighted by Gasteiger charge is -2.28. The summed E-state index contributed by atoms with van der Waals surface area (Å²) in [7, 11) is 0. The zero-order chi connectivity index (χ0) is 8.10. The minimum absolute atomic E-state index is 0.851. The van der Waals surface area contributed by atoms with Crippen molar-refractivity contribution in [2.75, 3.05) is 13.2 Å². The Bertz CT molecular complexity index is 101. The molecular formula is C10H20O. The quantitative estimate of drug-likeness (QED) is 0.610. The van der Waals surface area contributed by atoms with E-state index in [4.69, 9.17) is 4.74 Å². The van der Waals surface area contributed by atoms with E-state index in [9.17, 15) is 0 Å². The van der Waals surface area contributed by atoms with Gasteiger partial charge in [-0.1, -0.05) is 26.2 Å². The Labute approximate surface area is 70.1 Å². The molecule has 1 saturated carbocycles. The average Bonchev–Trinajstić information content (AvgIpc) is 2.03. The van der Waals surface area contributed by atoms with Crippen molar-refractivity contribution in [2.24, 2.45) is 11.8 Å². The molecule has 0 saturated heterocycles. The molecule has 2 atom stereocenters. The van der Waals surface area contributed by atoms with Crippen LogP contribution in [0.5, 0.6) is 0 Å². The lowest BCUT2D eigenvalue weighted by atomic mass is 9.81. The number of hydrogen-bond donors (Lipinski definition) is 0. The Morgan fingerprint density at radius 2 is 2.00 bits per heavy atom. The van der Waals surface area contributed by atoms with E-state index in [-0.39, 0.29) is 0 Å². The summed E-state index contributed by atoms with van der Waals surface area (Å²) in [5.41, 5.74) is 0. The van der Waals surface area contributed by atoms with E-state index >= 15 is 0 Å². The standard InChI is InChI=1S/C10H20O/c1-3-11-8-10-7-5-4-6-9(10)2/h9-10H,3-8H2,1-2H3. The fourth-order valence-corrected chi connectivity index (χ4v) is 1.91. The molecule has 0 aromatic rings. The summed E-state index contributed by atoms with van der Waals surface area (Å²) in [4.78, 5) is 0. The molecule has 0 radical (unpaired) electrons. The minimum Gasteiger partial charge on any atom is -0.381 e. The monoisotopic (exact) mass is 156 g/mol. The van der Waals surface area contributed by atoms with E-state index in [1.807, 2.05) is 0 Å². The normalized spacial score (nSPS) is 32.2. The first-order valence-corrected chi connectivity index (χ1v) is 4.92. The molecule has 0 aliphatic heterocycles. The van der Waals surface area contributed by atoms with Crippen molar-refractivity contribution >= 4 is 0 Å². The zero-order valence-electron chi connectivity index (χ0n) is 7.81. The van der Waals surface area contributed by atoms with E-state index < -0.39 is 0 Å². The molecule has 0 aromatic heterocycles. The maximum Gasteiger partial charge on any atom is 0.0496 e. The summed E-state index contributed by atoms with van der Waals surface area (Å²) in [6.45, 7) is 6.32. The zero-order valence-corrected chi connectivity index (χ0v) is 7.81. The van der Waals surface area contributed by atoms with Gasteiger partial charge in [-0.3, -0.25) is 0 Å². The van der Waals surface area contributed by atoms with Gasteiger partial charge in [-0.25, -0.2) is 0 Å². The van der Waals surface area contributed by atoms with Crippen LogP contribution in [-0.4, -0.2) is 13.2 Å². The van der Waals surface area contributed by atoms with E-state index in [0.717, 1.165) is 25.0 Å². The first-order chi connectivity index (χ1) is 5.34. The van der Waals surface area contributed by atoms with Crippen LogP contribution in [0.3, 0.4) is 0 Å². The van der Waals surface area contributed by atoms with Crippen molar-refractivity contribution in [3.63, 3.8) is 0 Å². The molecule has 11 heavy (non-hydrogen) atoms. The van der Waals surface area contributed by atoms with Gasteiger partial charge in [0.05, 0.1) is 0 Å². The molecule has 66 valence electrons. The predicted octanol–water partition coefficient (Wildman–Crippen LogP) is 2.85. The number of ether oxygens (including phenoxy) is 1. The molecule has 0 bridgehead atoms. The largest absolute Gasteiger partial charge is 0.381 e. The Hall–Kier alpha value is -0.0400. The van der Waals surface area contributed by atoms with Crippen LogP contribution in [0.1, 0.15) is 39.5 Å². The maximum absolute atomic E-state index is 5.44. The summed E-state index contributed by atoms with van der Waals surface area (Å²) in [5.74, 6) is 1.75. The van der Waals surface area contributed by atoms with Crippen LogP contribution in [0.15, 0.2) is 0 Å². The molecule has 2 unspecified atom stereocenters. The van der Waals surface area contributed by atoms with Crippen molar-refractivity contribution in [1.82, 2.24) is 0 Å². The van der Waals surface area contributed by atoms with Crippen molar-refractivity contribution in [3.8, 4) is 0 Å². The van der Waals surface area contributed by atoms with Crippen LogP contribution in [-0.2, 0) is 4.74 Å². The van der Waals surface area contributed by atoms with Gasteiger partial charge in [-0.15, -0.1) is 0 Å². The predicted molar refractivity (Wildman–Crippen MR) is 47.6 cm³/mol. The van der Waals surface area contributed by atoms with E-state index in [1.165, 1.54) is 25.7 Å². The van der Waals surface area contributed by atoms with Gasteiger partial charge in [0, 0.05) is 13.2 Å². The summed E-state index contributed by atoms with van der Waals surface area (Å²) in [6, 6.07) is 0. The van der Waals surface area contributed by atoms with E-state index in [1.54, 1.807) is 0 Å². The number of hydrogen-bond acceptors (Lipinski definition) is 1. The third-order valence-corrected chi connectivity index (χ3v) is 2.83. The molecule has 1 rings (SSSR count). The smallest absolute Gasteiger partial charge is 0.0496 e. The summed E-state index contributed by atoms with van der Waals surface area (Å²) in [6.07, 6.45) is 5.66. The molecule has 1 nitrogen and oxygen atoms in total. The van der Waals surface area contributed by atoms with Crippen LogP contribution < -0.4 is 0 Å². The van der Waals surface area contributed by atoms with Crippen molar-refractivity contribution in [1.29, 1.82) is 0 Å². The van der Waals surface area contributed by atoms with Gasteiger partial charge < -0.3 is 4.74 Å². The van der Waals surface area contributed by atoms with Crippen LogP contribution in [0, 0.1) is 11.8 Å². The summed E-state index contributed by atoms with van der Waals surface area (Å²) < 4.78 is 5.44. The lowest BCUT2D eigenvalue weighted by molar-refractivity contribution is 0.0714. The van der Waals surface area contributed by atoms with E-state index in [0.29, 0.717) is 0 Å². The lowest BCUT2D eigenvalue weighted by Crippen LogP contribution is -2.21. The highest BCUT2D eigenvalue weighted by molar-refractivity contribution is 4.71. The van der Waals surface area contributed by atoms with Crippen LogP contribution >= 0.6 is 0 Å². The maximum atomic E-state index is 5.44. The average molecular weight is 156 g/mol. The summed E-state index contributed by atoms with van der Waals surface area (Å²) >= 11 is 0. The second-order valence-electron chi connectivity index (χ2n) is 3.68. The van der Waals surface area contributed by atoms with Gasteiger partial charge in [0.15, 0.2) is 0 Å². The highest BCUT2D eigenvalue weighted by atomic mass is 16.5. The first kappa shape index (κ1) is 9.05. The van der Waals surface area contributed by atoms with Gasteiger partial charge in [-0.2, -0.15) is 0 Å². The van der Waals surface area contributed by atoms with Crippen molar-refractivity contribution in [2.45, 2.75) is 39.5 Å². The number of rotatable bonds is 3. The molecule has 0 amide bonds. The second kappa shape index (κ2) is 4.76. The molecule has 1 aliphatic rings. The summed E-state index contributed by atoms with van der Waals surface area (Å²) in [5, 5.41) is 0.